The molecule has 0 spiro atoms. The molecule has 0 radical (unpaired) electrons. The van der Waals surface area contributed by atoms with Gasteiger partial charge >= 0.3 is 0 Å². The Bertz CT molecular complexity index is 453. The fourth-order valence-corrected chi connectivity index (χ4v) is 2.88. The minimum Gasteiger partial charge on any atom is -0.380 e. The van der Waals surface area contributed by atoms with Crippen molar-refractivity contribution in [3.63, 3.8) is 0 Å². The molecule has 2 rings (SSSR count). The van der Waals surface area contributed by atoms with E-state index in [1.165, 1.54) is 19.4 Å². The van der Waals surface area contributed by atoms with Crippen LogP contribution in [0.25, 0.3) is 0 Å². The summed E-state index contributed by atoms with van der Waals surface area (Å²) in [4.78, 5) is 2.47. The van der Waals surface area contributed by atoms with Crippen molar-refractivity contribution in [1.82, 2.24) is 4.90 Å². The number of halogens is 1. The maximum atomic E-state index is 8.84. The summed E-state index contributed by atoms with van der Waals surface area (Å²) in [6, 6.07) is 8.35. The second kappa shape index (κ2) is 6.21. The van der Waals surface area contributed by atoms with E-state index in [0.29, 0.717) is 11.6 Å². The van der Waals surface area contributed by atoms with E-state index in [1.54, 1.807) is 0 Å². The van der Waals surface area contributed by atoms with Gasteiger partial charge in [-0.05, 0) is 60.1 Å². The molecule has 1 aliphatic heterocycles. The van der Waals surface area contributed by atoms with Crippen molar-refractivity contribution >= 4 is 21.6 Å². The Balaban J connectivity index is 2.03. The molecule has 1 unspecified atom stereocenters. The van der Waals surface area contributed by atoms with Crippen molar-refractivity contribution in [3.8, 4) is 6.07 Å². The van der Waals surface area contributed by atoms with Gasteiger partial charge in [0.1, 0.15) is 0 Å². The lowest BCUT2D eigenvalue weighted by Gasteiger charge is -2.33. The Morgan fingerprint density at radius 3 is 3.06 bits per heavy atom. The third kappa shape index (κ3) is 3.24. The molecular formula is C14H18BrN3. The molecule has 4 heteroatoms. The quantitative estimate of drug-likeness (QED) is 0.932. The zero-order chi connectivity index (χ0) is 13.0. The lowest BCUT2D eigenvalue weighted by molar-refractivity contribution is 0.227. The second-order valence-electron chi connectivity index (χ2n) is 4.68. The smallest absolute Gasteiger partial charge is 0.0992 e. The molecule has 1 heterocycles. The molecule has 96 valence electrons. The molecule has 1 saturated heterocycles. The summed E-state index contributed by atoms with van der Waals surface area (Å²) in [7, 11) is 0. The van der Waals surface area contributed by atoms with E-state index >= 15 is 0 Å². The van der Waals surface area contributed by atoms with Crippen LogP contribution in [0.1, 0.15) is 25.3 Å². The molecule has 0 amide bonds. The molecule has 1 fully saturated rings. The van der Waals surface area contributed by atoms with Crippen LogP contribution in [0.2, 0.25) is 0 Å². The summed E-state index contributed by atoms with van der Waals surface area (Å²) < 4.78 is 0.968. The summed E-state index contributed by atoms with van der Waals surface area (Å²) in [5.41, 5.74) is 1.77. The highest BCUT2D eigenvalue weighted by Gasteiger charge is 2.18. The minimum absolute atomic E-state index is 0.503. The summed E-state index contributed by atoms with van der Waals surface area (Å²) in [6.45, 7) is 5.64. The molecule has 1 aromatic rings. The number of likely N-dealkylation sites (N-methyl/N-ethyl adjacent to an activating group) is 1. The highest BCUT2D eigenvalue weighted by Crippen LogP contribution is 2.25. The normalized spacial score (nSPS) is 20.4. The fraction of sp³-hybridized carbons (Fsp3) is 0.500. The van der Waals surface area contributed by atoms with Crippen molar-refractivity contribution < 1.29 is 0 Å². The minimum atomic E-state index is 0.503. The molecule has 3 nitrogen and oxygen atoms in total. The van der Waals surface area contributed by atoms with Gasteiger partial charge in [-0.2, -0.15) is 5.26 Å². The van der Waals surface area contributed by atoms with Crippen molar-refractivity contribution in [2.45, 2.75) is 25.8 Å². The first-order chi connectivity index (χ1) is 8.72. The van der Waals surface area contributed by atoms with Gasteiger partial charge < -0.3 is 10.2 Å². The maximum Gasteiger partial charge on any atom is 0.0992 e. The molecule has 0 aliphatic carbocycles. The van der Waals surface area contributed by atoms with Gasteiger partial charge in [-0.3, -0.25) is 0 Å². The number of benzene rings is 1. The SMILES string of the molecule is CCN1CCCC(Nc2ccc(C#N)cc2Br)C1. The third-order valence-electron chi connectivity index (χ3n) is 3.41. The molecular weight excluding hydrogens is 290 g/mol. The highest BCUT2D eigenvalue weighted by atomic mass is 79.9. The van der Waals surface area contributed by atoms with E-state index in [0.717, 1.165) is 23.2 Å². The predicted molar refractivity (Wildman–Crippen MR) is 77.6 cm³/mol. The number of nitrogens with zero attached hydrogens (tertiary/aromatic N) is 2. The number of nitrogens with one attached hydrogen (secondary N) is 1. The van der Waals surface area contributed by atoms with E-state index in [4.69, 9.17) is 5.26 Å². The number of nitriles is 1. The second-order valence-corrected chi connectivity index (χ2v) is 5.54. The van der Waals surface area contributed by atoms with Crippen LogP contribution >= 0.6 is 15.9 Å². The van der Waals surface area contributed by atoms with Gasteiger partial charge in [0.25, 0.3) is 0 Å². The molecule has 0 bridgehead atoms. The van der Waals surface area contributed by atoms with Gasteiger partial charge in [0, 0.05) is 22.7 Å². The molecule has 1 atom stereocenters. The first kappa shape index (κ1) is 13.4. The van der Waals surface area contributed by atoms with Gasteiger partial charge in [0.2, 0.25) is 0 Å². The lowest BCUT2D eigenvalue weighted by Crippen LogP contribution is -2.41. The molecule has 1 aliphatic rings. The molecule has 0 saturated carbocycles. The first-order valence-electron chi connectivity index (χ1n) is 6.41. The lowest BCUT2D eigenvalue weighted by atomic mass is 10.1. The highest BCUT2D eigenvalue weighted by molar-refractivity contribution is 9.10. The van der Waals surface area contributed by atoms with Crippen LogP contribution in [0.4, 0.5) is 5.69 Å². The molecule has 18 heavy (non-hydrogen) atoms. The van der Waals surface area contributed by atoms with E-state index in [2.05, 4.69) is 39.1 Å². The van der Waals surface area contributed by atoms with Gasteiger partial charge in [-0.15, -0.1) is 0 Å². The standard InChI is InChI=1S/C14H18BrN3/c1-2-18-7-3-4-12(10-18)17-14-6-5-11(9-16)8-13(14)15/h5-6,8,12,17H,2-4,7,10H2,1H3. The van der Waals surface area contributed by atoms with Crippen molar-refractivity contribution in [2.24, 2.45) is 0 Å². The van der Waals surface area contributed by atoms with Crippen molar-refractivity contribution in [2.75, 3.05) is 25.0 Å². The van der Waals surface area contributed by atoms with Crippen LogP contribution in [-0.4, -0.2) is 30.6 Å². The Kier molecular flexibility index (Phi) is 4.62. The Morgan fingerprint density at radius 1 is 1.56 bits per heavy atom. The van der Waals surface area contributed by atoms with E-state index < -0.39 is 0 Å². The Labute approximate surface area is 117 Å². The molecule has 1 aromatic carbocycles. The van der Waals surface area contributed by atoms with Crippen LogP contribution in [0.15, 0.2) is 22.7 Å². The van der Waals surface area contributed by atoms with Gasteiger partial charge in [-0.25, -0.2) is 0 Å². The topological polar surface area (TPSA) is 39.1 Å². The summed E-state index contributed by atoms with van der Waals surface area (Å²) in [6.07, 6.45) is 2.46. The van der Waals surface area contributed by atoms with Crippen LogP contribution in [0, 0.1) is 11.3 Å². The van der Waals surface area contributed by atoms with Gasteiger partial charge in [0.05, 0.1) is 11.6 Å². The third-order valence-corrected chi connectivity index (χ3v) is 4.07. The summed E-state index contributed by atoms with van der Waals surface area (Å²) in [5.74, 6) is 0. The summed E-state index contributed by atoms with van der Waals surface area (Å²) >= 11 is 3.52. The Hall–Kier alpha value is -1.05. The van der Waals surface area contributed by atoms with Crippen LogP contribution in [0.3, 0.4) is 0 Å². The number of piperidine rings is 1. The van der Waals surface area contributed by atoms with Crippen molar-refractivity contribution in [3.05, 3.63) is 28.2 Å². The van der Waals surface area contributed by atoms with E-state index in [9.17, 15) is 0 Å². The number of hydrogen-bond donors (Lipinski definition) is 1. The number of anilines is 1. The molecule has 0 aromatic heterocycles. The zero-order valence-corrected chi connectivity index (χ0v) is 12.2. The van der Waals surface area contributed by atoms with Crippen LogP contribution in [-0.2, 0) is 0 Å². The fourth-order valence-electron chi connectivity index (χ4n) is 2.38. The first-order valence-corrected chi connectivity index (χ1v) is 7.20. The summed E-state index contributed by atoms with van der Waals surface area (Å²) in [5, 5.41) is 12.4. The average molecular weight is 308 g/mol. The van der Waals surface area contributed by atoms with Gasteiger partial charge in [-0.1, -0.05) is 6.92 Å². The monoisotopic (exact) mass is 307 g/mol. The van der Waals surface area contributed by atoms with Gasteiger partial charge in [0.15, 0.2) is 0 Å². The number of rotatable bonds is 3. The maximum absolute atomic E-state index is 8.84. The van der Waals surface area contributed by atoms with Crippen LogP contribution in [0.5, 0.6) is 0 Å². The average Bonchev–Trinajstić information content (AvgIpc) is 2.41. The molecule has 1 N–H and O–H groups in total. The zero-order valence-electron chi connectivity index (χ0n) is 10.6. The number of likely N-dealkylation sites (tertiary alicyclic amines) is 1. The largest absolute Gasteiger partial charge is 0.380 e. The van der Waals surface area contributed by atoms with Crippen molar-refractivity contribution in [1.29, 1.82) is 5.26 Å². The Morgan fingerprint density at radius 2 is 2.39 bits per heavy atom. The van der Waals surface area contributed by atoms with E-state index in [-0.39, 0.29) is 0 Å². The van der Waals surface area contributed by atoms with E-state index in [1.807, 2.05) is 18.2 Å². The van der Waals surface area contributed by atoms with Crippen LogP contribution < -0.4 is 5.32 Å². The predicted octanol–water partition coefficient (Wildman–Crippen LogP) is 3.22. The number of hydrogen-bond acceptors (Lipinski definition) is 3.